The Labute approximate surface area is 61.5 Å². The van der Waals surface area contributed by atoms with Crippen molar-refractivity contribution in [3.63, 3.8) is 0 Å². The zero-order valence-electron chi connectivity index (χ0n) is 6.15. The molecule has 0 rings (SSSR count). The maximum atomic E-state index is 7.03. The first-order valence-corrected chi connectivity index (χ1v) is 2.97. The first-order chi connectivity index (χ1) is 4.66. The number of hydrogen-bond donors (Lipinski definition) is 2. The van der Waals surface area contributed by atoms with Gasteiger partial charge in [0.1, 0.15) is 0 Å². The molecule has 0 heterocycles. The van der Waals surface area contributed by atoms with Crippen LogP contribution < -0.4 is 5.32 Å². The molecule has 2 N–H and O–H groups in total. The van der Waals surface area contributed by atoms with Crippen LogP contribution in [0.3, 0.4) is 0 Å². The van der Waals surface area contributed by atoms with Crippen LogP contribution in [0.25, 0.3) is 0 Å². The van der Waals surface area contributed by atoms with E-state index in [1.54, 1.807) is 25.2 Å². The van der Waals surface area contributed by atoms with Gasteiger partial charge in [-0.05, 0) is 13.0 Å². The van der Waals surface area contributed by atoms with E-state index in [1.165, 1.54) is 0 Å². The van der Waals surface area contributed by atoms with Crippen molar-refractivity contribution < 1.29 is 0 Å². The van der Waals surface area contributed by atoms with E-state index in [0.29, 0.717) is 11.5 Å². The fourth-order valence-corrected chi connectivity index (χ4v) is 0.467. The molecular weight excluding hydrogens is 124 g/mol. The van der Waals surface area contributed by atoms with E-state index < -0.39 is 0 Å². The van der Waals surface area contributed by atoms with Crippen LogP contribution in [-0.2, 0) is 0 Å². The molecule has 0 spiro atoms. The minimum absolute atomic E-state index is 0.388. The Balaban J connectivity index is 3.75. The minimum Gasteiger partial charge on any atom is -0.345 e. The molecule has 0 saturated heterocycles. The molecule has 0 aromatic heterocycles. The molecule has 2 heteroatoms. The fourth-order valence-electron chi connectivity index (χ4n) is 0.467. The minimum atomic E-state index is 0.388. The molecular formula is C8H12N2. The Kier molecular flexibility index (Phi) is 3.96. The first kappa shape index (κ1) is 8.69. The van der Waals surface area contributed by atoms with Gasteiger partial charge in [-0.25, -0.2) is 0 Å². The van der Waals surface area contributed by atoms with E-state index in [2.05, 4.69) is 18.5 Å². The summed E-state index contributed by atoms with van der Waals surface area (Å²) < 4.78 is 0. The molecule has 0 unspecified atom stereocenters. The van der Waals surface area contributed by atoms with Crippen molar-refractivity contribution in [2.24, 2.45) is 0 Å². The van der Waals surface area contributed by atoms with E-state index in [1.807, 2.05) is 0 Å². The quantitative estimate of drug-likeness (QED) is 0.346. The van der Waals surface area contributed by atoms with E-state index in [0.717, 1.165) is 0 Å². The van der Waals surface area contributed by atoms with Crippen molar-refractivity contribution in [3.8, 4) is 0 Å². The molecule has 0 amide bonds. The van der Waals surface area contributed by atoms with Crippen LogP contribution >= 0.6 is 0 Å². The summed E-state index contributed by atoms with van der Waals surface area (Å²) in [5, 5.41) is 9.76. The summed E-state index contributed by atoms with van der Waals surface area (Å²) in [5.41, 5.74) is 0.701. The molecule has 0 aromatic rings. The number of amidine groups is 1. The van der Waals surface area contributed by atoms with Crippen LogP contribution in [0.15, 0.2) is 37.1 Å². The number of nitrogens with one attached hydrogen (secondary N) is 2. The smallest absolute Gasteiger partial charge is 0.0943 e. The van der Waals surface area contributed by atoms with Crippen LogP contribution in [0.2, 0.25) is 0 Å². The molecule has 2 nitrogen and oxygen atoms in total. The summed E-state index contributed by atoms with van der Waals surface area (Å²) in [6.07, 6.45) is 5.18. The highest BCUT2D eigenvalue weighted by Crippen LogP contribution is 1.86. The average molecular weight is 136 g/mol. The molecule has 0 aliphatic rings. The molecule has 0 radical (unpaired) electrons. The molecule has 0 aromatic carbocycles. The van der Waals surface area contributed by atoms with Crippen LogP contribution in [-0.4, -0.2) is 5.84 Å². The monoisotopic (exact) mass is 136 g/mol. The van der Waals surface area contributed by atoms with Crippen molar-refractivity contribution in [2.75, 3.05) is 0 Å². The summed E-state index contributed by atoms with van der Waals surface area (Å²) in [6, 6.07) is 0. The van der Waals surface area contributed by atoms with Crippen LogP contribution in [0.5, 0.6) is 0 Å². The van der Waals surface area contributed by atoms with E-state index in [4.69, 9.17) is 5.41 Å². The van der Waals surface area contributed by atoms with Gasteiger partial charge in [-0.3, -0.25) is 5.41 Å². The highest BCUT2D eigenvalue weighted by atomic mass is 14.9. The molecule has 54 valence electrons. The predicted molar refractivity (Wildman–Crippen MR) is 45.0 cm³/mol. The van der Waals surface area contributed by atoms with Gasteiger partial charge in [0.15, 0.2) is 0 Å². The van der Waals surface area contributed by atoms with E-state index >= 15 is 0 Å². The van der Waals surface area contributed by atoms with Crippen molar-refractivity contribution in [1.82, 2.24) is 5.32 Å². The van der Waals surface area contributed by atoms with Gasteiger partial charge in [0.2, 0.25) is 0 Å². The van der Waals surface area contributed by atoms with Crippen molar-refractivity contribution in [2.45, 2.75) is 6.92 Å². The Morgan fingerprint density at radius 2 is 2.20 bits per heavy atom. The summed E-state index contributed by atoms with van der Waals surface area (Å²) in [5.74, 6) is 0.388. The summed E-state index contributed by atoms with van der Waals surface area (Å²) >= 11 is 0. The lowest BCUT2D eigenvalue weighted by Crippen LogP contribution is -2.15. The predicted octanol–water partition coefficient (Wildman–Crippen LogP) is 1.83. The zero-order valence-corrected chi connectivity index (χ0v) is 6.15. The van der Waals surface area contributed by atoms with Crippen molar-refractivity contribution >= 4 is 5.84 Å². The number of hydrogen-bond acceptors (Lipinski definition) is 1. The molecule has 0 atom stereocenters. The van der Waals surface area contributed by atoms with Gasteiger partial charge < -0.3 is 5.32 Å². The van der Waals surface area contributed by atoms with Gasteiger partial charge in [0.25, 0.3) is 0 Å². The number of rotatable bonds is 3. The van der Waals surface area contributed by atoms with E-state index in [9.17, 15) is 0 Å². The third-order valence-corrected chi connectivity index (χ3v) is 0.782. The molecule has 0 saturated carbocycles. The molecule has 0 fully saturated rings. The summed E-state index contributed by atoms with van der Waals surface area (Å²) in [4.78, 5) is 0. The van der Waals surface area contributed by atoms with Gasteiger partial charge in [0.05, 0.1) is 5.84 Å². The van der Waals surface area contributed by atoms with Crippen LogP contribution in [0.4, 0.5) is 0 Å². The number of allylic oxidation sites excluding steroid dienone is 3. The lowest BCUT2D eigenvalue weighted by Gasteiger charge is -2.00. The maximum Gasteiger partial charge on any atom is 0.0943 e. The second kappa shape index (κ2) is 4.56. The van der Waals surface area contributed by atoms with Gasteiger partial charge in [0, 0.05) is 5.70 Å². The first-order valence-electron chi connectivity index (χ1n) is 2.97. The third-order valence-electron chi connectivity index (χ3n) is 0.782. The Hall–Kier alpha value is -1.31. The molecule has 0 aliphatic heterocycles. The van der Waals surface area contributed by atoms with E-state index in [-0.39, 0.29) is 0 Å². The second-order valence-electron chi connectivity index (χ2n) is 1.87. The highest BCUT2D eigenvalue weighted by molar-refractivity contribution is 5.78. The SMILES string of the molecule is C=C/C=C\C(=C)NC(C)=N. The standard InChI is InChI=1S/C8H12N2/c1-4-5-6-7(2)10-8(3)9/h4-6H,1-2H2,3H3,(H2,9,10)/b6-5-. The lowest BCUT2D eigenvalue weighted by atomic mass is 10.4. The van der Waals surface area contributed by atoms with Gasteiger partial charge >= 0.3 is 0 Å². The largest absolute Gasteiger partial charge is 0.345 e. The van der Waals surface area contributed by atoms with Crippen LogP contribution in [0, 0.1) is 5.41 Å². The van der Waals surface area contributed by atoms with Crippen LogP contribution in [0.1, 0.15) is 6.92 Å². The fraction of sp³-hybridized carbons (Fsp3) is 0.125. The van der Waals surface area contributed by atoms with Crippen molar-refractivity contribution in [1.29, 1.82) is 5.41 Å². The van der Waals surface area contributed by atoms with Gasteiger partial charge in [-0.2, -0.15) is 0 Å². The third kappa shape index (κ3) is 4.84. The summed E-state index contributed by atoms with van der Waals surface area (Å²) in [6.45, 7) is 8.81. The Morgan fingerprint density at radius 1 is 1.60 bits per heavy atom. The Bertz CT molecular complexity index is 178. The average Bonchev–Trinajstić information content (AvgIpc) is 1.82. The highest BCUT2D eigenvalue weighted by Gasteiger charge is 1.84. The van der Waals surface area contributed by atoms with Crippen molar-refractivity contribution in [3.05, 3.63) is 37.1 Å². The Morgan fingerprint density at radius 3 is 2.60 bits per heavy atom. The van der Waals surface area contributed by atoms with Gasteiger partial charge in [-0.15, -0.1) is 0 Å². The van der Waals surface area contributed by atoms with Gasteiger partial charge in [-0.1, -0.05) is 25.3 Å². The normalized spacial score (nSPS) is 9.30. The lowest BCUT2D eigenvalue weighted by molar-refractivity contribution is 1.15. The molecule has 0 bridgehead atoms. The maximum absolute atomic E-state index is 7.03. The topological polar surface area (TPSA) is 35.9 Å². The zero-order chi connectivity index (χ0) is 7.98. The summed E-state index contributed by atoms with van der Waals surface area (Å²) in [7, 11) is 0. The molecule has 10 heavy (non-hydrogen) atoms. The second-order valence-corrected chi connectivity index (χ2v) is 1.87. The molecule has 0 aliphatic carbocycles.